The highest BCUT2D eigenvalue weighted by Crippen LogP contribution is 2.35. The lowest BCUT2D eigenvalue weighted by Crippen LogP contribution is -2.15. The van der Waals surface area contributed by atoms with Gasteiger partial charge in [-0.15, -0.1) is 0 Å². The van der Waals surface area contributed by atoms with Crippen LogP contribution in [-0.2, 0) is 0 Å². The van der Waals surface area contributed by atoms with Crippen LogP contribution in [0.3, 0.4) is 0 Å². The van der Waals surface area contributed by atoms with Crippen LogP contribution in [0.1, 0.15) is 50.0 Å². The van der Waals surface area contributed by atoms with E-state index in [1.54, 1.807) is 0 Å². The molecule has 16 heavy (non-hydrogen) atoms. The van der Waals surface area contributed by atoms with Crippen LogP contribution in [0.25, 0.3) is 0 Å². The van der Waals surface area contributed by atoms with Gasteiger partial charge in [-0.05, 0) is 41.6 Å². The van der Waals surface area contributed by atoms with Crippen LogP contribution in [0, 0.1) is 12.8 Å². The fourth-order valence-corrected chi connectivity index (χ4v) is 2.63. The summed E-state index contributed by atoms with van der Waals surface area (Å²) in [5.74, 6) is 2.79. The molecule has 2 N–H and O–H groups in total. The second kappa shape index (κ2) is 4.70. The van der Waals surface area contributed by atoms with Gasteiger partial charge in [0.25, 0.3) is 0 Å². The maximum absolute atomic E-state index is 5.86. The normalized spacial score (nSPS) is 25.7. The number of nitrogens with two attached hydrogens (primary N) is 1. The smallest absolute Gasteiger partial charge is 0.141 e. The Balaban J connectivity index is 2.26. The van der Waals surface area contributed by atoms with Crippen molar-refractivity contribution in [3.05, 3.63) is 16.0 Å². The molecule has 1 aliphatic rings. The quantitative estimate of drug-likeness (QED) is 0.859. The third kappa shape index (κ3) is 2.37. The van der Waals surface area contributed by atoms with Gasteiger partial charge in [0.2, 0.25) is 0 Å². The molecule has 88 valence electrons. The van der Waals surface area contributed by atoms with Gasteiger partial charge in [0.1, 0.15) is 11.6 Å². The van der Waals surface area contributed by atoms with Crippen LogP contribution in [0.4, 0.5) is 5.82 Å². The number of nitrogens with zero attached hydrogens (tertiary/aromatic N) is 2. The van der Waals surface area contributed by atoms with Crippen molar-refractivity contribution >= 4 is 21.7 Å². The summed E-state index contributed by atoms with van der Waals surface area (Å²) in [6, 6.07) is 0. The standard InChI is InChI=1S/C12H18BrN3/c1-7-4-3-5-9(6-7)12-15-8(2)10(13)11(14)16-12/h7,9H,3-6H2,1-2H3,(H2,14,15,16). The van der Waals surface area contributed by atoms with E-state index in [1.807, 2.05) is 6.92 Å². The molecule has 3 nitrogen and oxygen atoms in total. The molecule has 1 aromatic rings. The van der Waals surface area contributed by atoms with Crippen molar-refractivity contribution in [2.75, 3.05) is 5.73 Å². The minimum absolute atomic E-state index is 0.498. The largest absolute Gasteiger partial charge is 0.383 e. The van der Waals surface area contributed by atoms with Gasteiger partial charge in [-0.25, -0.2) is 9.97 Å². The topological polar surface area (TPSA) is 51.8 Å². The lowest BCUT2D eigenvalue weighted by molar-refractivity contribution is 0.335. The first kappa shape index (κ1) is 11.8. The molecule has 0 bridgehead atoms. The summed E-state index contributed by atoms with van der Waals surface area (Å²) < 4.78 is 0.833. The Hall–Kier alpha value is -0.640. The van der Waals surface area contributed by atoms with Crippen molar-refractivity contribution < 1.29 is 0 Å². The first-order valence-electron chi connectivity index (χ1n) is 5.87. The zero-order valence-corrected chi connectivity index (χ0v) is 11.4. The predicted molar refractivity (Wildman–Crippen MR) is 69.3 cm³/mol. The summed E-state index contributed by atoms with van der Waals surface area (Å²) in [4.78, 5) is 8.97. The van der Waals surface area contributed by atoms with E-state index < -0.39 is 0 Å². The Kier molecular flexibility index (Phi) is 3.47. The number of hydrogen-bond acceptors (Lipinski definition) is 3. The first-order chi connectivity index (χ1) is 7.58. The second-order valence-electron chi connectivity index (χ2n) is 4.84. The van der Waals surface area contributed by atoms with Crippen LogP contribution in [0.15, 0.2) is 4.47 Å². The van der Waals surface area contributed by atoms with Crippen LogP contribution >= 0.6 is 15.9 Å². The highest BCUT2D eigenvalue weighted by molar-refractivity contribution is 9.10. The van der Waals surface area contributed by atoms with Crippen molar-refractivity contribution in [2.24, 2.45) is 5.92 Å². The second-order valence-corrected chi connectivity index (χ2v) is 5.63. The molecule has 0 aromatic carbocycles. The third-order valence-electron chi connectivity index (χ3n) is 3.36. The summed E-state index contributed by atoms with van der Waals surface area (Å²) in [6.45, 7) is 4.28. The SMILES string of the molecule is Cc1nc(C2CCCC(C)C2)nc(N)c1Br. The van der Waals surface area contributed by atoms with Gasteiger partial charge in [0.15, 0.2) is 0 Å². The molecule has 1 heterocycles. The van der Waals surface area contributed by atoms with Crippen LogP contribution in [0.5, 0.6) is 0 Å². The average molecular weight is 284 g/mol. The summed E-state index contributed by atoms with van der Waals surface area (Å²) in [5, 5.41) is 0. The number of aromatic nitrogens is 2. The summed E-state index contributed by atoms with van der Waals surface area (Å²) in [7, 11) is 0. The maximum atomic E-state index is 5.86. The number of aryl methyl sites for hydroxylation is 1. The van der Waals surface area contributed by atoms with E-state index >= 15 is 0 Å². The van der Waals surface area contributed by atoms with E-state index in [4.69, 9.17) is 5.73 Å². The van der Waals surface area contributed by atoms with Gasteiger partial charge in [-0.1, -0.05) is 19.8 Å². The maximum Gasteiger partial charge on any atom is 0.141 e. The Morgan fingerprint density at radius 2 is 2.06 bits per heavy atom. The molecular weight excluding hydrogens is 266 g/mol. The Bertz CT molecular complexity index is 369. The van der Waals surface area contributed by atoms with E-state index in [0.29, 0.717) is 11.7 Å². The van der Waals surface area contributed by atoms with Gasteiger partial charge in [0, 0.05) is 5.92 Å². The molecule has 1 fully saturated rings. The zero-order chi connectivity index (χ0) is 11.7. The molecular formula is C12H18BrN3. The van der Waals surface area contributed by atoms with Crippen LogP contribution in [0.2, 0.25) is 0 Å². The van der Waals surface area contributed by atoms with Gasteiger partial charge < -0.3 is 5.73 Å². The zero-order valence-electron chi connectivity index (χ0n) is 9.83. The predicted octanol–water partition coefficient (Wildman–Crippen LogP) is 3.42. The molecule has 2 rings (SSSR count). The number of rotatable bonds is 1. The van der Waals surface area contributed by atoms with Crippen LogP contribution < -0.4 is 5.73 Å². The lowest BCUT2D eigenvalue weighted by atomic mass is 9.82. The molecule has 1 aliphatic carbocycles. The lowest BCUT2D eigenvalue weighted by Gasteiger charge is -2.25. The molecule has 2 unspecified atom stereocenters. The highest BCUT2D eigenvalue weighted by atomic mass is 79.9. The molecule has 0 saturated heterocycles. The third-order valence-corrected chi connectivity index (χ3v) is 4.34. The van der Waals surface area contributed by atoms with E-state index in [-0.39, 0.29) is 0 Å². The molecule has 0 aliphatic heterocycles. The molecule has 0 spiro atoms. The minimum Gasteiger partial charge on any atom is -0.383 e. The Morgan fingerprint density at radius 1 is 1.31 bits per heavy atom. The molecule has 2 atom stereocenters. The molecule has 1 aromatic heterocycles. The van der Waals surface area contributed by atoms with Gasteiger partial charge in [-0.2, -0.15) is 0 Å². The Morgan fingerprint density at radius 3 is 2.69 bits per heavy atom. The van der Waals surface area contributed by atoms with Gasteiger partial charge in [-0.3, -0.25) is 0 Å². The van der Waals surface area contributed by atoms with Gasteiger partial charge in [0.05, 0.1) is 10.2 Å². The van der Waals surface area contributed by atoms with Crippen molar-refractivity contribution in [2.45, 2.75) is 45.4 Å². The number of anilines is 1. The Labute approximate surface area is 105 Å². The molecule has 4 heteroatoms. The monoisotopic (exact) mass is 283 g/mol. The number of halogens is 1. The number of nitrogen functional groups attached to an aromatic ring is 1. The first-order valence-corrected chi connectivity index (χ1v) is 6.66. The van der Waals surface area contributed by atoms with E-state index in [9.17, 15) is 0 Å². The summed E-state index contributed by atoms with van der Waals surface area (Å²) in [5.41, 5.74) is 6.81. The van der Waals surface area contributed by atoms with Crippen molar-refractivity contribution in [1.29, 1.82) is 0 Å². The molecule has 0 amide bonds. The molecule has 1 saturated carbocycles. The average Bonchev–Trinajstić information content (AvgIpc) is 2.25. The van der Waals surface area contributed by atoms with Crippen LogP contribution in [-0.4, -0.2) is 9.97 Å². The molecule has 0 radical (unpaired) electrons. The van der Waals surface area contributed by atoms with E-state index in [2.05, 4.69) is 32.8 Å². The van der Waals surface area contributed by atoms with Gasteiger partial charge >= 0.3 is 0 Å². The minimum atomic E-state index is 0.498. The number of hydrogen-bond donors (Lipinski definition) is 1. The fourth-order valence-electron chi connectivity index (χ4n) is 2.45. The van der Waals surface area contributed by atoms with Crippen molar-refractivity contribution in [3.8, 4) is 0 Å². The van der Waals surface area contributed by atoms with E-state index in [0.717, 1.165) is 21.9 Å². The summed E-state index contributed by atoms with van der Waals surface area (Å²) in [6.07, 6.45) is 5.01. The highest BCUT2D eigenvalue weighted by Gasteiger charge is 2.23. The van der Waals surface area contributed by atoms with Crippen molar-refractivity contribution in [1.82, 2.24) is 9.97 Å². The summed E-state index contributed by atoms with van der Waals surface area (Å²) >= 11 is 3.40. The van der Waals surface area contributed by atoms with Crippen molar-refractivity contribution in [3.63, 3.8) is 0 Å². The fraction of sp³-hybridized carbons (Fsp3) is 0.667. The van der Waals surface area contributed by atoms with E-state index in [1.165, 1.54) is 25.7 Å².